The van der Waals surface area contributed by atoms with Crippen molar-refractivity contribution in [2.75, 3.05) is 11.9 Å². The number of rotatable bonds is 10. The number of anilines is 1. The van der Waals surface area contributed by atoms with Crippen LogP contribution in [0.1, 0.15) is 28.5 Å². The van der Waals surface area contributed by atoms with Crippen LogP contribution in [0.3, 0.4) is 0 Å². The highest BCUT2D eigenvalue weighted by molar-refractivity contribution is 7.14. The molecule has 4 aromatic rings. The largest absolute Gasteiger partial charge is 0.461 e. The average molecular weight is 552 g/mol. The Morgan fingerprint density at radius 2 is 2.00 bits per heavy atom. The van der Waals surface area contributed by atoms with Crippen LogP contribution in [0.4, 0.5) is 5.13 Å². The van der Waals surface area contributed by atoms with Crippen LogP contribution in [0.15, 0.2) is 66.3 Å². The number of nitrogens with one attached hydrogen (secondary N) is 2. The van der Waals surface area contributed by atoms with Crippen molar-refractivity contribution in [2.24, 2.45) is 0 Å². The van der Waals surface area contributed by atoms with E-state index in [1.165, 1.54) is 22.5 Å². The Hall–Kier alpha value is -4.42. The van der Waals surface area contributed by atoms with Gasteiger partial charge in [-0.3, -0.25) is 9.59 Å². The Bertz CT molecular complexity index is 1440. The van der Waals surface area contributed by atoms with Gasteiger partial charge in [-0.25, -0.2) is 9.78 Å². The fraction of sp³-hybridized carbons (Fsp3) is 0.160. The summed E-state index contributed by atoms with van der Waals surface area (Å²) in [5, 5.41) is 18.7. The van der Waals surface area contributed by atoms with E-state index in [-0.39, 0.29) is 23.9 Å². The van der Waals surface area contributed by atoms with Gasteiger partial charge in [0.05, 0.1) is 12.3 Å². The predicted octanol–water partition coefficient (Wildman–Crippen LogP) is 3.33. The van der Waals surface area contributed by atoms with Crippen molar-refractivity contribution in [1.29, 1.82) is 0 Å². The Balaban J connectivity index is 1.50. The van der Waals surface area contributed by atoms with Crippen LogP contribution in [-0.2, 0) is 20.7 Å². The van der Waals surface area contributed by atoms with Gasteiger partial charge in [0.25, 0.3) is 0 Å². The zero-order chi connectivity index (χ0) is 26.9. The molecule has 0 aliphatic rings. The van der Waals surface area contributed by atoms with Gasteiger partial charge in [-0.05, 0) is 47.2 Å². The quantitative estimate of drug-likeness (QED) is 0.226. The molecule has 4 rings (SSSR count). The molecule has 2 aromatic heterocycles. The van der Waals surface area contributed by atoms with Crippen molar-refractivity contribution in [3.8, 4) is 5.69 Å². The van der Waals surface area contributed by atoms with Crippen LogP contribution < -0.4 is 10.6 Å². The number of hydrogen-bond acceptors (Lipinski definition) is 9. The van der Waals surface area contributed by atoms with Crippen LogP contribution in [-0.4, -0.2) is 55.6 Å². The second-order valence-corrected chi connectivity index (χ2v) is 9.08. The molecule has 2 heterocycles. The van der Waals surface area contributed by atoms with Gasteiger partial charge < -0.3 is 15.4 Å². The number of tetrazole rings is 1. The van der Waals surface area contributed by atoms with Gasteiger partial charge in [-0.15, -0.1) is 16.4 Å². The molecule has 38 heavy (non-hydrogen) atoms. The first-order chi connectivity index (χ1) is 18.4. The Morgan fingerprint density at radius 1 is 1.18 bits per heavy atom. The van der Waals surface area contributed by atoms with Crippen LogP contribution in [0, 0.1) is 0 Å². The molecule has 0 saturated carbocycles. The molecule has 2 aromatic carbocycles. The van der Waals surface area contributed by atoms with E-state index in [1.54, 1.807) is 31.2 Å². The van der Waals surface area contributed by atoms with Crippen LogP contribution in [0.5, 0.6) is 0 Å². The van der Waals surface area contributed by atoms with Gasteiger partial charge in [-0.1, -0.05) is 41.9 Å². The smallest absolute Gasteiger partial charge is 0.357 e. The number of halogens is 1. The number of hydrogen-bond donors (Lipinski definition) is 2. The fourth-order valence-electron chi connectivity index (χ4n) is 3.41. The minimum Gasteiger partial charge on any atom is -0.461 e. The zero-order valence-corrected chi connectivity index (χ0v) is 21.6. The van der Waals surface area contributed by atoms with E-state index in [1.807, 2.05) is 30.3 Å². The Morgan fingerprint density at radius 3 is 2.74 bits per heavy atom. The van der Waals surface area contributed by atoms with Gasteiger partial charge in [-0.2, -0.15) is 4.68 Å². The van der Waals surface area contributed by atoms with Gasteiger partial charge in [0, 0.05) is 28.5 Å². The lowest BCUT2D eigenvalue weighted by Gasteiger charge is -2.17. The van der Waals surface area contributed by atoms with Crippen molar-refractivity contribution in [1.82, 2.24) is 30.5 Å². The number of thiazole rings is 1. The summed E-state index contributed by atoms with van der Waals surface area (Å²) in [5.41, 5.74) is 2.15. The first-order valence-corrected chi connectivity index (χ1v) is 12.7. The number of nitrogens with zero attached hydrogens (tertiary/aromatic N) is 5. The molecule has 0 spiro atoms. The molecule has 13 heteroatoms. The second-order valence-electron chi connectivity index (χ2n) is 7.79. The topological polar surface area (TPSA) is 141 Å². The summed E-state index contributed by atoms with van der Waals surface area (Å²) in [6, 6.07) is 13.4. The maximum Gasteiger partial charge on any atom is 0.357 e. The average Bonchev–Trinajstić information content (AvgIpc) is 3.61. The molecule has 1 atom stereocenters. The zero-order valence-electron chi connectivity index (χ0n) is 20.1. The van der Waals surface area contributed by atoms with Crippen LogP contribution >= 0.6 is 22.9 Å². The highest BCUT2D eigenvalue weighted by atomic mass is 35.5. The lowest BCUT2D eigenvalue weighted by atomic mass is 10.1. The predicted molar refractivity (Wildman–Crippen MR) is 142 cm³/mol. The van der Waals surface area contributed by atoms with E-state index in [4.69, 9.17) is 16.3 Å². The Kier molecular flexibility index (Phi) is 8.90. The number of aromatic nitrogens is 5. The third-order valence-electron chi connectivity index (χ3n) is 5.13. The lowest BCUT2D eigenvalue weighted by Crippen LogP contribution is -2.44. The first kappa shape index (κ1) is 26.6. The molecule has 0 saturated heterocycles. The Labute approximate surface area is 226 Å². The number of carbonyl (C=O) groups is 3. The number of amides is 2. The number of carbonyl (C=O) groups excluding carboxylic acids is 3. The van der Waals surface area contributed by atoms with E-state index in [9.17, 15) is 14.4 Å². The van der Waals surface area contributed by atoms with Gasteiger partial charge in [0.1, 0.15) is 12.4 Å². The summed E-state index contributed by atoms with van der Waals surface area (Å²) in [5.74, 6) is -1.57. The monoisotopic (exact) mass is 551 g/mol. The first-order valence-electron chi connectivity index (χ1n) is 11.4. The van der Waals surface area contributed by atoms with Gasteiger partial charge in [0.15, 0.2) is 10.8 Å². The molecule has 194 valence electrons. The van der Waals surface area contributed by atoms with E-state index < -0.39 is 23.8 Å². The molecule has 0 bridgehead atoms. The number of esters is 1. The lowest BCUT2D eigenvalue weighted by molar-refractivity contribution is -0.123. The number of ether oxygens (including phenoxy) is 1. The molecule has 2 amide bonds. The van der Waals surface area contributed by atoms with Crippen LogP contribution in [0.2, 0.25) is 5.02 Å². The third kappa shape index (κ3) is 7.08. The molecule has 1 unspecified atom stereocenters. The summed E-state index contributed by atoms with van der Waals surface area (Å²) in [4.78, 5) is 42.0. The standard InChI is InChI=1S/C25H22ClN7O4S/c1-2-37-24(36)20-14-38-25(29-20)30-23(35)19(12-16-6-4-3-5-7-16)28-22(34)11-8-17-13-18(26)9-10-21(17)33-15-27-31-32-33/h3-11,13-15,19H,2,12H2,1H3,(H,28,34)(H,29,30,35). The van der Waals surface area contributed by atoms with Crippen molar-refractivity contribution >= 4 is 51.9 Å². The fourth-order valence-corrected chi connectivity index (χ4v) is 4.27. The molecule has 0 aliphatic carbocycles. The summed E-state index contributed by atoms with van der Waals surface area (Å²) < 4.78 is 6.38. The molecular formula is C25H22ClN7O4S. The minimum absolute atomic E-state index is 0.0960. The SMILES string of the molecule is CCOC(=O)c1csc(NC(=O)C(Cc2ccccc2)NC(=O)C=Cc2cc(Cl)ccc2-n2cnnn2)n1. The molecule has 0 radical (unpaired) electrons. The van der Waals surface area contributed by atoms with Gasteiger partial charge >= 0.3 is 5.97 Å². The van der Waals surface area contributed by atoms with Crippen molar-refractivity contribution in [3.63, 3.8) is 0 Å². The maximum atomic E-state index is 13.1. The van der Waals surface area contributed by atoms with Crippen LogP contribution in [0.25, 0.3) is 11.8 Å². The molecule has 11 nitrogen and oxygen atoms in total. The summed E-state index contributed by atoms with van der Waals surface area (Å²) in [6.07, 6.45) is 4.51. The van der Waals surface area contributed by atoms with E-state index >= 15 is 0 Å². The molecule has 0 aliphatic heterocycles. The van der Waals surface area contributed by atoms with Crippen molar-refractivity contribution < 1.29 is 19.1 Å². The summed E-state index contributed by atoms with van der Waals surface area (Å²) >= 11 is 7.23. The third-order valence-corrected chi connectivity index (χ3v) is 6.13. The second kappa shape index (κ2) is 12.7. The van der Waals surface area contributed by atoms with E-state index in [0.29, 0.717) is 16.3 Å². The molecule has 0 fully saturated rings. The molecular weight excluding hydrogens is 530 g/mol. The number of benzene rings is 2. The minimum atomic E-state index is -0.928. The van der Waals surface area contributed by atoms with E-state index in [2.05, 4.69) is 31.1 Å². The summed E-state index contributed by atoms with van der Waals surface area (Å²) in [7, 11) is 0. The normalized spacial score (nSPS) is 11.7. The van der Waals surface area contributed by atoms with Gasteiger partial charge in [0.2, 0.25) is 11.8 Å². The summed E-state index contributed by atoms with van der Waals surface area (Å²) in [6.45, 7) is 1.90. The highest BCUT2D eigenvalue weighted by Crippen LogP contribution is 2.20. The van der Waals surface area contributed by atoms with Crippen molar-refractivity contribution in [2.45, 2.75) is 19.4 Å². The molecule has 2 N–H and O–H groups in total. The maximum absolute atomic E-state index is 13.1. The highest BCUT2D eigenvalue weighted by Gasteiger charge is 2.22. The van der Waals surface area contributed by atoms with E-state index in [0.717, 1.165) is 16.9 Å². The van der Waals surface area contributed by atoms with Crippen molar-refractivity contribution in [3.05, 3.63) is 88.2 Å².